The molecule has 0 fully saturated rings. The van der Waals surface area contributed by atoms with Gasteiger partial charge in [0, 0.05) is 23.7 Å². The first-order valence-electron chi connectivity index (χ1n) is 5.47. The van der Waals surface area contributed by atoms with Gasteiger partial charge in [-0.05, 0) is 19.1 Å². The van der Waals surface area contributed by atoms with Crippen LogP contribution in [0, 0.1) is 5.41 Å². The number of carbonyl (C=O) groups excluding carboxylic acids is 1. The number of amides is 1. The lowest BCUT2D eigenvalue weighted by atomic mass is 9.94. The maximum absolute atomic E-state index is 12.2. The topological polar surface area (TPSA) is 40.5 Å². The molecule has 1 aromatic carbocycles. The first kappa shape index (κ1) is 12.6. The quantitative estimate of drug-likeness (QED) is 0.834. The summed E-state index contributed by atoms with van der Waals surface area (Å²) in [6.07, 6.45) is 0. The number of carbonyl (C=O) groups is 1. The Bertz CT molecular complexity index is 380. The Morgan fingerprint density at radius 1 is 1.38 bits per heavy atom. The SMILES string of the molecule is CCN(C(=O)C(C)(C)C)c1cccc(O)c1. The molecule has 3 heteroatoms. The minimum absolute atomic E-state index is 0.0561. The molecule has 0 saturated carbocycles. The first-order valence-corrected chi connectivity index (χ1v) is 5.47. The number of benzene rings is 1. The van der Waals surface area contributed by atoms with Crippen molar-refractivity contribution >= 4 is 11.6 Å². The van der Waals surface area contributed by atoms with Gasteiger partial charge in [0.2, 0.25) is 5.91 Å². The van der Waals surface area contributed by atoms with E-state index < -0.39 is 5.41 Å². The van der Waals surface area contributed by atoms with Crippen molar-refractivity contribution in [2.24, 2.45) is 5.41 Å². The third kappa shape index (κ3) is 2.75. The van der Waals surface area contributed by atoms with Crippen molar-refractivity contribution in [3.8, 4) is 5.75 Å². The first-order chi connectivity index (χ1) is 7.36. The Labute approximate surface area is 96.7 Å². The molecular weight excluding hydrogens is 202 g/mol. The molecule has 1 aromatic rings. The normalized spacial score (nSPS) is 11.2. The van der Waals surface area contributed by atoms with E-state index in [1.807, 2.05) is 33.8 Å². The van der Waals surface area contributed by atoms with Crippen molar-refractivity contribution in [1.82, 2.24) is 0 Å². The molecule has 0 atom stereocenters. The summed E-state index contributed by atoms with van der Waals surface area (Å²) in [6.45, 7) is 8.19. The number of hydrogen-bond acceptors (Lipinski definition) is 2. The van der Waals surface area contributed by atoms with E-state index in [0.29, 0.717) is 6.54 Å². The van der Waals surface area contributed by atoms with Gasteiger partial charge < -0.3 is 10.0 Å². The zero-order valence-corrected chi connectivity index (χ0v) is 10.3. The highest BCUT2D eigenvalue weighted by atomic mass is 16.3. The van der Waals surface area contributed by atoms with Crippen LogP contribution in [0.4, 0.5) is 5.69 Å². The Morgan fingerprint density at radius 3 is 2.44 bits per heavy atom. The molecule has 0 aromatic heterocycles. The van der Waals surface area contributed by atoms with E-state index in [0.717, 1.165) is 5.69 Å². The molecule has 0 aliphatic rings. The van der Waals surface area contributed by atoms with Crippen molar-refractivity contribution in [2.45, 2.75) is 27.7 Å². The summed E-state index contributed by atoms with van der Waals surface area (Å²) in [5.74, 6) is 0.234. The molecule has 0 aliphatic heterocycles. The van der Waals surface area contributed by atoms with Gasteiger partial charge in [-0.2, -0.15) is 0 Å². The average Bonchev–Trinajstić information content (AvgIpc) is 2.17. The molecule has 0 unspecified atom stereocenters. The minimum Gasteiger partial charge on any atom is -0.508 e. The van der Waals surface area contributed by atoms with Crippen molar-refractivity contribution in [3.05, 3.63) is 24.3 Å². The molecule has 0 saturated heterocycles. The summed E-state index contributed by atoms with van der Waals surface area (Å²) >= 11 is 0. The maximum Gasteiger partial charge on any atom is 0.232 e. The van der Waals surface area contributed by atoms with Crippen LogP contribution in [0.1, 0.15) is 27.7 Å². The molecule has 88 valence electrons. The van der Waals surface area contributed by atoms with E-state index >= 15 is 0 Å². The largest absolute Gasteiger partial charge is 0.508 e. The van der Waals surface area contributed by atoms with Crippen LogP contribution in [0.5, 0.6) is 5.75 Å². The van der Waals surface area contributed by atoms with E-state index in [-0.39, 0.29) is 11.7 Å². The number of hydrogen-bond donors (Lipinski definition) is 1. The van der Waals surface area contributed by atoms with Crippen LogP contribution in [-0.4, -0.2) is 17.6 Å². The highest BCUT2D eigenvalue weighted by molar-refractivity contribution is 5.96. The van der Waals surface area contributed by atoms with Gasteiger partial charge in [-0.15, -0.1) is 0 Å². The second kappa shape index (κ2) is 4.56. The average molecular weight is 221 g/mol. The number of aromatic hydroxyl groups is 1. The van der Waals surface area contributed by atoms with Gasteiger partial charge >= 0.3 is 0 Å². The predicted molar refractivity (Wildman–Crippen MR) is 65.6 cm³/mol. The van der Waals surface area contributed by atoms with E-state index in [4.69, 9.17) is 0 Å². The molecule has 0 radical (unpaired) electrons. The lowest BCUT2D eigenvalue weighted by Gasteiger charge is -2.28. The number of phenols is 1. The third-order valence-corrected chi connectivity index (χ3v) is 2.34. The summed E-state index contributed by atoms with van der Waals surface area (Å²) in [7, 11) is 0. The van der Waals surface area contributed by atoms with Gasteiger partial charge in [0.25, 0.3) is 0 Å². The number of anilines is 1. The highest BCUT2D eigenvalue weighted by Crippen LogP contribution is 2.25. The van der Waals surface area contributed by atoms with Crippen LogP contribution in [-0.2, 0) is 4.79 Å². The van der Waals surface area contributed by atoms with Gasteiger partial charge in [0.15, 0.2) is 0 Å². The third-order valence-electron chi connectivity index (χ3n) is 2.34. The molecule has 1 rings (SSSR count). The zero-order chi connectivity index (χ0) is 12.3. The van der Waals surface area contributed by atoms with Gasteiger partial charge in [0.1, 0.15) is 5.75 Å². The fourth-order valence-corrected chi connectivity index (χ4v) is 1.51. The van der Waals surface area contributed by atoms with Crippen LogP contribution < -0.4 is 4.90 Å². The molecule has 0 spiro atoms. The van der Waals surface area contributed by atoms with Crippen LogP contribution in [0.15, 0.2) is 24.3 Å². The second-order valence-corrected chi connectivity index (χ2v) is 4.82. The molecular formula is C13H19NO2. The van der Waals surface area contributed by atoms with Gasteiger partial charge in [-0.25, -0.2) is 0 Å². The molecule has 16 heavy (non-hydrogen) atoms. The Morgan fingerprint density at radius 2 is 2.00 bits per heavy atom. The Hall–Kier alpha value is -1.51. The maximum atomic E-state index is 12.2. The van der Waals surface area contributed by atoms with Crippen LogP contribution in [0.2, 0.25) is 0 Å². The van der Waals surface area contributed by atoms with Gasteiger partial charge in [-0.3, -0.25) is 4.79 Å². The monoisotopic (exact) mass is 221 g/mol. The number of phenolic OH excluding ortho intramolecular Hbond substituents is 1. The van der Waals surface area contributed by atoms with Crippen molar-refractivity contribution in [2.75, 3.05) is 11.4 Å². The Balaban J connectivity index is 3.04. The Kier molecular flexibility index (Phi) is 3.58. The van der Waals surface area contributed by atoms with Crippen LogP contribution >= 0.6 is 0 Å². The van der Waals surface area contributed by atoms with Gasteiger partial charge in [-0.1, -0.05) is 26.8 Å². The number of nitrogens with zero attached hydrogens (tertiary/aromatic N) is 1. The highest BCUT2D eigenvalue weighted by Gasteiger charge is 2.27. The van der Waals surface area contributed by atoms with E-state index in [2.05, 4.69) is 0 Å². The summed E-state index contributed by atoms with van der Waals surface area (Å²) in [6, 6.07) is 6.77. The number of rotatable bonds is 2. The van der Waals surface area contributed by atoms with Gasteiger partial charge in [0.05, 0.1) is 0 Å². The summed E-state index contributed by atoms with van der Waals surface area (Å²) in [5, 5.41) is 9.40. The minimum atomic E-state index is -0.415. The van der Waals surface area contributed by atoms with E-state index in [1.54, 1.807) is 23.1 Å². The smallest absolute Gasteiger partial charge is 0.232 e. The molecule has 1 amide bonds. The summed E-state index contributed by atoms with van der Waals surface area (Å²) < 4.78 is 0. The molecule has 0 bridgehead atoms. The predicted octanol–water partition coefficient (Wildman–Crippen LogP) is 2.79. The van der Waals surface area contributed by atoms with E-state index in [1.165, 1.54) is 0 Å². The van der Waals surface area contributed by atoms with Crippen LogP contribution in [0.3, 0.4) is 0 Å². The zero-order valence-electron chi connectivity index (χ0n) is 10.3. The molecule has 0 aliphatic carbocycles. The standard InChI is InChI=1S/C13H19NO2/c1-5-14(12(16)13(2,3)4)10-7-6-8-11(15)9-10/h6-9,15H,5H2,1-4H3. The lowest BCUT2D eigenvalue weighted by molar-refractivity contribution is -0.125. The van der Waals surface area contributed by atoms with E-state index in [9.17, 15) is 9.90 Å². The van der Waals surface area contributed by atoms with Crippen molar-refractivity contribution in [3.63, 3.8) is 0 Å². The summed E-state index contributed by atoms with van der Waals surface area (Å²) in [5.41, 5.74) is 0.323. The molecule has 1 N–H and O–H groups in total. The van der Waals surface area contributed by atoms with Crippen LogP contribution in [0.25, 0.3) is 0 Å². The molecule has 3 nitrogen and oxygen atoms in total. The summed E-state index contributed by atoms with van der Waals surface area (Å²) in [4.78, 5) is 13.8. The second-order valence-electron chi connectivity index (χ2n) is 4.82. The molecule has 0 heterocycles. The lowest BCUT2D eigenvalue weighted by Crippen LogP contribution is -2.39. The fraction of sp³-hybridized carbons (Fsp3) is 0.462. The van der Waals surface area contributed by atoms with Crippen molar-refractivity contribution in [1.29, 1.82) is 0 Å². The van der Waals surface area contributed by atoms with Crippen molar-refractivity contribution < 1.29 is 9.90 Å². The fourth-order valence-electron chi connectivity index (χ4n) is 1.51.